The standard InChI is InChI=1S/C10H11ClO2/c1-7(11)6-8-4-2-3-5-9(8)10(12)13/h2-5,7H,6H2,1H3,(H,12,13). The Morgan fingerprint density at radius 3 is 2.69 bits per heavy atom. The summed E-state index contributed by atoms with van der Waals surface area (Å²) < 4.78 is 0. The van der Waals surface area contributed by atoms with Crippen LogP contribution in [0.2, 0.25) is 0 Å². The second-order valence-corrected chi connectivity index (χ2v) is 3.69. The molecular formula is C10H11ClO2. The monoisotopic (exact) mass is 198 g/mol. The van der Waals surface area contributed by atoms with Crippen LogP contribution in [0.5, 0.6) is 0 Å². The highest BCUT2D eigenvalue weighted by Crippen LogP contribution is 2.13. The van der Waals surface area contributed by atoms with E-state index in [2.05, 4.69) is 0 Å². The third kappa shape index (κ3) is 2.74. The molecule has 2 nitrogen and oxygen atoms in total. The van der Waals surface area contributed by atoms with Crippen molar-refractivity contribution in [3.63, 3.8) is 0 Å². The van der Waals surface area contributed by atoms with E-state index in [0.29, 0.717) is 12.0 Å². The van der Waals surface area contributed by atoms with Crippen LogP contribution in [0, 0.1) is 0 Å². The SMILES string of the molecule is CC(Cl)Cc1ccccc1C(=O)O. The maximum Gasteiger partial charge on any atom is 0.335 e. The van der Waals surface area contributed by atoms with Crippen molar-refractivity contribution in [2.75, 3.05) is 0 Å². The number of benzene rings is 1. The van der Waals surface area contributed by atoms with E-state index in [9.17, 15) is 4.79 Å². The molecule has 0 saturated carbocycles. The summed E-state index contributed by atoms with van der Waals surface area (Å²) >= 11 is 5.80. The first-order valence-electron chi connectivity index (χ1n) is 4.06. The topological polar surface area (TPSA) is 37.3 Å². The molecule has 70 valence electrons. The number of carboxylic acid groups (broad SMARTS) is 1. The molecule has 0 spiro atoms. The predicted molar refractivity (Wildman–Crippen MR) is 52.4 cm³/mol. The zero-order valence-corrected chi connectivity index (χ0v) is 8.08. The number of carboxylic acids is 1. The van der Waals surface area contributed by atoms with Crippen LogP contribution in [-0.2, 0) is 6.42 Å². The van der Waals surface area contributed by atoms with Crippen molar-refractivity contribution >= 4 is 17.6 Å². The Bertz CT molecular complexity index is 308. The Balaban J connectivity index is 2.98. The number of halogens is 1. The number of carbonyl (C=O) groups is 1. The highest BCUT2D eigenvalue weighted by molar-refractivity contribution is 6.20. The number of hydrogen-bond donors (Lipinski definition) is 1. The zero-order chi connectivity index (χ0) is 9.84. The van der Waals surface area contributed by atoms with Crippen LogP contribution >= 0.6 is 11.6 Å². The van der Waals surface area contributed by atoms with Gasteiger partial charge in [-0.2, -0.15) is 0 Å². The van der Waals surface area contributed by atoms with Gasteiger partial charge in [-0.05, 0) is 25.0 Å². The molecule has 0 bridgehead atoms. The fourth-order valence-corrected chi connectivity index (χ4v) is 1.38. The van der Waals surface area contributed by atoms with E-state index in [-0.39, 0.29) is 5.38 Å². The third-order valence-corrected chi connectivity index (χ3v) is 1.90. The van der Waals surface area contributed by atoms with Crippen molar-refractivity contribution in [1.29, 1.82) is 0 Å². The maximum absolute atomic E-state index is 10.8. The summed E-state index contributed by atoms with van der Waals surface area (Å²) in [4.78, 5) is 10.8. The minimum Gasteiger partial charge on any atom is -0.478 e. The summed E-state index contributed by atoms with van der Waals surface area (Å²) in [7, 11) is 0. The first kappa shape index (κ1) is 10.1. The minimum atomic E-state index is -0.895. The largest absolute Gasteiger partial charge is 0.478 e. The van der Waals surface area contributed by atoms with Gasteiger partial charge >= 0.3 is 5.97 Å². The quantitative estimate of drug-likeness (QED) is 0.758. The lowest BCUT2D eigenvalue weighted by Crippen LogP contribution is -2.06. The Labute approximate surface area is 82.2 Å². The highest BCUT2D eigenvalue weighted by Gasteiger charge is 2.10. The molecule has 0 aromatic heterocycles. The number of hydrogen-bond acceptors (Lipinski definition) is 1. The molecule has 0 fully saturated rings. The molecule has 1 unspecified atom stereocenters. The summed E-state index contributed by atoms with van der Waals surface area (Å²) in [6.45, 7) is 1.85. The summed E-state index contributed by atoms with van der Waals surface area (Å²) in [6.07, 6.45) is 0.587. The van der Waals surface area contributed by atoms with Crippen molar-refractivity contribution in [3.8, 4) is 0 Å². The van der Waals surface area contributed by atoms with E-state index in [1.165, 1.54) is 0 Å². The van der Waals surface area contributed by atoms with E-state index in [0.717, 1.165) is 5.56 Å². The molecule has 0 aliphatic rings. The Morgan fingerprint density at radius 2 is 2.15 bits per heavy atom. The van der Waals surface area contributed by atoms with Crippen molar-refractivity contribution < 1.29 is 9.90 Å². The summed E-state index contributed by atoms with van der Waals surface area (Å²) in [5, 5.41) is 8.79. The highest BCUT2D eigenvalue weighted by atomic mass is 35.5. The summed E-state index contributed by atoms with van der Waals surface area (Å²) in [5.41, 5.74) is 1.13. The molecule has 1 rings (SSSR count). The number of alkyl halides is 1. The first-order valence-corrected chi connectivity index (χ1v) is 4.50. The minimum absolute atomic E-state index is 0.0412. The number of rotatable bonds is 3. The van der Waals surface area contributed by atoms with Crippen LogP contribution < -0.4 is 0 Å². The van der Waals surface area contributed by atoms with Crippen LogP contribution in [0.15, 0.2) is 24.3 Å². The van der Waals surface area contributed by atoms with Crippen LogP contribution in [0.3, 0.4) is 0 Å². The first-order chi connectivity index (χ1) is 6.11. The molecule has 0 aliphatic heterocycles. The van der Waals surface area contributed by atoms with Gasteiger partial charge in [0, 0.05) is 5.38 Å². The van der Waals surface area contributed by atoms with Crippen molar-refractivity contribution in [3.05, 3.63) is 35.4 Å². The Morgan fingerprint density at radius 1 is 1.54 bits per heavy atom. The lowest BCUT2D eigenvalue weighted by molar-refractivity contribution is 0.0695. The van der Waals surface area contributed by atoms with Crippen LogP contribution in [0.1, 0.15) is 22.8 Å². The van der Waals surface area contributed by atoms with Gasteiger partial charge in [0.15, 0.2) is 0 Å². The smallest absolute Gasteiger partial charge is 0.335 e. The molecule has 0 radical (unpaired) electrons. The molecular weight excluding hydrogens is 188 g/mol. The summed E-state index contributed by atoms with van der Waals surface area (Å²) in [6, 6.07) is 6.92. The van der Waals surface area contributed by atoms with E-state index < -0.39 is 5.97 Å². The maximum atomic E-state index is 10.8. The van der Waals surface area contributed by atoms with Gasteiger partial charge in [0.25, 0.3) is 0 Å². The Kier molecular flexibility index (Phi) is 3.32. The van der Waals surface area contributed by atoms with Crippen molar-refractivity contribution in [2.45, 2.75) is 18.7 Å². The van der Waals surface area contributed by atoms with Crippen molar-refractivity contribution in [2.24, 2.45) is 0 Å². The molecule has 0 aliphatic carbocycles. The molecule has 1 aromatic rings. The van der Waals surface area contributed by atoms with Gasteiger partial charge in [0.05, 0.1) is 5.56 Å². The van der Waals surface area contributed by atoms with Crippen LogP contribution in [-0.4, -0.2) is 16.5 Å². The summed E-state index contributed by atoms with van der Waals surface area (Å²) in [5.74, 6) is -0.895. The van der Waals surface area contributed by atoms with Gasteiger partial charge in [-0.25, -0.2) is 4.79 Å². The van der Waals surface area contributed by atoms with Gasteiger partial charge in [-0.1, -0.05) is 18.2 Å². The normalized spacial score (nSPS) is 12.5. The van der Waals surface area contributed by atoms with Gasteiger partial charge < -0.3 is 5.11 Å². The molecule has 1 aromatic carbocycles. The average molecular weight is 199 g/mol. The lowest BCUT2D eigenvalue weighted by atomic mass is 10.0. The van der Waals surface area contributed by atoms with Gasteiger partial charge in [0.1, 0.15) is 0 Å². The molecule has 0 heterocycles. The molecule has 1 N–H and O–H groups in total. The zero-order valence-electron chi connectivity index (χ0n) is 7.33. The molecule has 3 heteroatoms. The molecule has 0 amide bonds. The number of aromatic carboxylic acids is 1. The van der Waals surface area contributed by atoms with Gasteiger partial charge in [-0.15, -0.1) is 11.6 Å². The lowest BCUT2D eigenvalue weighted by Gasteiger charge is -2.06. The second kappa shape index (κ2) is 4.28. The third-order valence-electron chi connectivity index (χ3n) is 1.75. The van der Waals surface area contributed by atoms with E-state index in [1.54, 1.807) is 18.2 Å². The molecule has 1 atom stereocenters. The molecule has 0 saturated heterocycles. The Hall–Kier alpha value is -1.02. The second-order valence-electron chi connectivity index (χ2n) is 2.95. The average Bonchev–Trinajstić information content (AvgIpc) is 2.03. The fraction of sp³-hybridized carbons (Fsp3) is 0.300. The van der Waals surface area contributed by atoms with E-state index in [4.69, 9.17) is 16.7 Å². The van der Waals surface area contributed by atoms with Crippen molar-refractivity contribution in [1.82, 2.24) is 0 Å². The van der Waals surface area contributed by atoms with Crippen LogP contribution in [0.25, 0.3) is 0 Å². The van der Waals surface area contributed by atoms with Gasteiger partial charge in [0.2, 0.25) is 0 Å². The fourth-order valence-electron chi connectivity index (χ4n) is 1.21. The predicted octanol–water partition coefficient (Wildman–Crippen LogP) is 2.55. The van der Waals surface area contributed by atoms with E-state index >= 15 is 0 Å². The van der Waals surface area contributed by atoms with Gasteiger partial charge in [-0.3, -0.25) is 0 Å². The van der Waals surface area contributed by atoms with Crippen LogP contribution in [0.4, 0.5) is 0 Å². The molecule has 13 heavy (non-hydrogen) atoms. The van der Waals surface area contributed by atoms with E-state index in [1.807, 2.05) is 13.0 Å².